The molecule has 2 aromatic carbocycles. The molecule has 0 spiro atoms. The number of ether oxygens (including phenoxy) is 1. The van der Waals surface area contributed by atoms with Gasteiger partial charge < -0.3 is 9.64 Å². The largest absolute Gasteiger partial charge is 0.443 e. The van der Waals surface area contributed by atoms with E-state index in [4.69, 9.17) is 4.74 Å². The van der Waals surface area contributed by atoms with Crippen LogP contribution >= 0.6 is 11.5 Å². The maximum Gasteiger partial charge on any atom is 0.218 e. The second-order valence-corrected chi connectivity index (χ2v) is 7.35. The Hall–Kier alpha value is -3.24. The lowest BCUT2D eigenvalue weighted by Gasteiger charge is -2.12. The molecule has 1 aromatic heterocycles. The molecule has 0 saturated heterocycles. The summed E-state index contributed by atoms with van der Waals surface area (Å²) in [5, 5.41) is 9.96. The van der Waals surface area contributed by atoms with Crippen LogP contribution < -0.4 is 4.74 Å². The van der Waals surface area contributed by atoms with Gasteiger partial charge in [0, 0.05) is 30.7 Å². The Morgan fingerprint density at radius 3 is 2.72 bits per heavy atom. The van der Waals surface area contributed by atoms with Gasteiger partial charge in [0.15, 0.2) is 0 Å². The first-order valence-corrected chi connectivity index (χ1v) is 9.90. The summed E-state index contributed by atoms with van der Waals surface area (Å²) in [6.07, 6.45) is 1.79. The van der Waals surface area contributed by atoms with E-state index in [1.165, 1.54) is 6.07 Å². The molecule has 0 aliphatic carbocycles. The van der Waals surface area contributed by atoms with Crippen molar-refractivity contribution in [3.63, 3.8) is 0 Å². The first kappa shape index (κ1) is 20.5. The maximum atomic E-state index is 14.1. The van der Waals surface area contributed by atoms with Gasteiger partial charge in [-0.1, -0.05) is 12.1 Å². The number of aliphatic imine (C=N–C) groups is 1. The fraction of sp³-hybridized carbons (Fsp3) is 0.227. The first-order valence-electron chi connectivity index (χ1n) is 9.12. The molecule has 3 aromatic rings. The van der Waals surface area contributed by atoms with Crippen molar-refractivity contribution < 1.29 is 9.13 Å². The van der Waals surface area contributed by atoms with Crippen LogP contribution in [0.1, 0.15) is 23.6 Å². The number of nitrogens with zero attached hydrogens (tertiary/aromatic N) is 4. The Kier molecular flexibility index (Phi) is 6.25. The number of aryl methyl sites for hydroxylation is 2. The summed E-state index contributed by atoms with van der Waals surface area (Å²) in [6.45, 7) is 6.80. The van der Waals surface area contributed by atoms with Crippen molar-refractivity contribution in [2.45, 2.75) is 20.8 Å². The Morgan fingerprint density at radius 1 is 1.28 bits per heavy atom. The summed E-state index contributed by atoms with van der Waals surface area (Å²) in [5.41, 5.74) is 3.49. The zero-order valence-electron chi connectivity index (χ0n) is 16.7. The Labute approximate surface area is 173 Å². The van der Waals surface area contributed by atoms with E-state index in [-0.39, 0.29) is 11.1 Å². The average molecular weight is 409 g/mol. The van der Waals surface area contributed by atoms with Crippen LogP contribution in [0, 0.1) is 31.0 Å². The summed E-state index contributed by atoms with van der Waals surface area (Å²) in [5.74, 6) is 0.192. The number of hydrogen-bond acceptors (Lipinski definition) is 5. The third kappa shape index (κ3) is 4.44. The van der Waals surface area contributed by atoms with Gasteiger partial charge in [0.25, 0.3) is 0 Å². The van der Waals surface area contributed by atoms with Crippen LogP contribution in [0.25, 0.3) is 11.3 Å². The van der Waals surface area contributed by atoms with Crippen molar-refractivity contribution in [2.75, 3.05) is 13.6 Å². The molecule has 0 unspecified atom stereocenters. The van der Waals surface area contributed by atoms with Gasteiger partial charge in [-0.05, 0) is 56.2 Å². The van der Waals surface area contributed by atoms with Crippen molar-refractivity contribution in [2.24, 2.45) is 4.99 Å². The third-order valence-electron chi connectivity index (χ3n) is 4.49. The molecule has 0 bridgehead atoms. The van der Waals surface area contributed by atoms with E-state index in [9.17, 15) is 9.65 Å². The van der Waals surface area contributed by atoms with E-state index in [0.29, 0.717) is 16.5 Å². The van der Waals surface area contributed by atoms with E-state index in [2.05, 4.69) is 22.4 Å². The lowest BCUT2D eigenvalue weighted by atomic mass is 10.1. The van der Waals surface area contributed by atoms with Gasteiger partial charge in [0.05, 0.1) is 12.0 Å². The Morgan fingerprint density at radius 2 is 2.03 bits per heavy atom. The molecular weight excluding hydrogens is 387 g/mol. The number of rotatable bonds is 6. The average Bonchev–Trinajstić information content (AvgIpc) is 3.11. The van der Waals surface area contributed by atoms with Crippen molar-refractivity contribution in [3.05, 3.63) is 58.9 Å². The number of benzene rings is 2. The molecule has 0 fully saturated rings. The quantitative estimate of drug-likeness (QED) is 0.380. The molecule has 0 saturated carbocycles. The molecule has 0 amide bonds. The van der Waals surface area contributed by atoms with Gasteiger partial charge in [-0.3, -0.25) is 0 Å². The molecule has 29 heavy (non-hydrogen) atoms. The summed E-state index contributed by atoms with van der Waals surface area (Å²) < 4.78 is 24.4. The molecule has 0 atom stereocenters. The van der Waals surface area contributed by atoms with Crippen LogP contribution in [0.15, 0.2) is 41.4 Å². The molecule has 5 nitrogen and oxygen atoms in total. The number of nitriles is 1. The first-order chi connectivity index (χ1) is 13.9. The predicted octanol–water partition coefficient (Wildman–Crippen LogP) is 5.84. The highest BCUT2D eigenvalue weighted by molar-refractivity contribution is 7.08. The van der Waals surface area contributed by atoms with Crippen LogP contribution in [-0.2, 0) is 0 Å². The van der Waals surface area contributed by atoms with Gasteiger partial charge in [0.2, 0.25) is 5.06 Å². The zero-order chi connectivity index (χ0) is 21.0. The molecule has 0 aliphatic heterocycles. The van der Waals surface area contributed by atoms with Crippen LogP contribution in [0.4, 0.5) is 10.1 Å². The minimum absolute atomic E-state index is 0.226. The second kappa shape index (κ2) is 8.84. The third-order valence-corrected chi connectivity index (χ3v) is 5.22. The zero-order valence-corrected chi connectivity index (χ0v) is 17.5. The fourth-order valence-corrected chi connectivity index (χ4v) is 3.37. The van der Waals surface area contributed by atoms with Crippen LogP contribution in [-0.4, -0.2) is 29.2 Å². The molecule has 3 rings (SSSR count). The molecule has 148 valence electrons. The highest BCUT2D eigenvalue weighted by Crippen LogP contribution is 2.39. The standard InChI is InChI=1S/C22H21FN4OS/c1-5-27(4)13-25-19-10-15(3)20(11-14(19)2)28-22-17(12-24)21(26-29-22)16-8-6-7-9-18(16)23/h6-11,13H,5H2,1-4H3. The van der Waals surface area contributed by atoms with Crippen LogP contribution in [0.5, 0.6) is 10.8 Å². The van der Waals surface area contributed by atoms with Crippen molar-refractivity contribution >= 4 is 23.6 Å². The summed E-state index contributed by atoms with van der Waals surface area (Å²) in [6, 6.07) is 12.2. The van der Waals surface area contributed by atoms with Crippen molar-refractivity contribution in [3.8, 4) is 28.1 Å². The second-order valence-electron chi connectivity index (χ2n) is 6.61. The number of hydrogen-bond donors (Lipinski definition) is 0. The minimum Gasteiger partial charge on any atom is -0.443 e. The molecule has 0 aliphatic rings. The van der Waals surface area contributed by atoms with Crippen molar-refractivity contribution in [1.82, 2.24) is 9.27 Å². The highest BCUT2D eigenvalue weighted by Gasteiger charge is 2.20. The lowest BCUT2D eigenvalue weighted by molar-refractivity contribution is 0.491. The van der Waals surface area contributed by atoms with Crippen molar-refractivity contribution in [1.29, 1.82) is 5.26 Å². The van der Waals surface area contributed by atoms with Gasteiger partial charge in [-0.15, -0.1) is 0 Å². The lowest BCUT2D eigenvalue weighted by Crippen LogP contribution is -2.14. The Balaban J connectivity index is 1.93. The topological polar surface area (TPSA) is 61.5 Å². The monoisotopic (exact) mass is 408 g/mol. The summed E-state index contributed by atoms with van der Waals surface area (Å²) >= 11 is 1.04. The van der Waals surface area contributed by atoms with Crippen LogP contribution in [0.2, 0.25) is 0 Å². The fourth-order valence-electron chi connectivity index (χ4n) is 2.65. The van der Waals surface area contributed by atoms with E-state index in [0.717, 1.165) is 34.9 Å². The predicted molar refractivity (Wildman–Crippen MR) is 115 cm³/mol. The molecule has 7 heteroatoms. The van der Waals surface area contributed by atoms with Gasteiger partial charge >= 0.3 is 0 Å². The SMILES string of the molecule is CCN(C)C=Nc1cc(C)c(Oc2snc(-c3ccccc3F)c2C#N)cc1C. The van der Waals surface area contributed by atoms with E-state index < -0.39 is 5.82 Å². The summed E-state index contributed by atoms with van der Waals surface area (Å²) in [4.78, 5) is 6.50. The normalized spacial score (nSPS) is 10.9. The van der Waals surface area contributed by atoms with Crippen LogP contribution in [0.3, 0.4) is 0 Å². The summed E-state index contributed by atoms with van der Waals surface area (Å²) in [7, 11) is 1.96. The Bertz CT molecular complexity index is 1100. The molecule has 0 radical (unpaired) electrons. The van der Waals surface area contributed by atoms with E-state index in [1.54, 1.807) is 24.5 Å². The number of halogens is 1. The van der Waals surface area contributed by atoms with Gasteiger partial charge in [-0.25, -0.2) is 9.38 Å². The minimum atomic E-state index is -0.424. The molecular formula is C22H21FN4OS. The number of aromatic nitrogens is 1. The van der Waals surface area contributed by atoms with Gasteiger partial charge in [-0.2, -0.15) is 9.64 Å². The maximum absolute atomic E-state index is 14.1. The van der Waals surface area contributed by atoms with E-state index in [1.807, 2.05) is 37.9 Å². The highest BCUT2D eigenvalue weighted by atomic mass is 32.1. The molecule has 1 heterocycles. The molecule has 0 N–H and O–H groups in total. The smallest absolute Gasteiger partial charge is 0.218 e. The van der Waals surface area contributed by atoms with Gasteiger partial charge in [0.1, 0.15) is 28.9 Å². The van der Waals surface area contributed by atoms with E-state index >= 15 is 0 Å².